The highest BCUT2D eigenvalue weighted by Crippen LogP contribution is 2.19. The van der Waals surface area contributed by atoms with E-state index in [1.54, 1.807) is 6.92 Å². The van der Waals surface area contributed by atoms with E-state index in [2.05, 4.69) is 25.9 Å². The second-order valence-corrected chi connectivity index (χ2v) is 7.75. The van der Waals surface area contributed by atoms with Crippen LogP contribution in [-0.2, 0) is 25.6 Å². The molecule has 5 N–H and O–H groups in total. The van der Waals surface area contributed by atoms with Gasteiger partial charge in [0, 0.05) is 24.9 Å². The Hall–Kier alpha value is -2.95. The minimum Gasteiger partial charge on any atom is -0.480 e. The third kappa shape index (κ3) is 5.15. The summed E-state index contributed by atoms with van der Waals surface area (Å²) in [6.45, 7) is 2.76. The zero-order valence-electron chi connectivity index (χ0n) is 16.9. The van der Waals surface area contributed by atoms with Crippen LogP contribution in [0.25, 0.3) is 0 Å². The van der Waals surface area contributed by atoms with Crippen molar-refractivity contribution in [1.82, 2.24) is 30.8 Å². The van der Waals surface area contributed by atoms with Crippen LogP contribution in [0.2, 0.25) is 0 Å². The number of carbonyl (C=O) groups excluding carboxylic acids is 3. The Morgan fingerprint density at radius 2 is 2.03 bits per heavy atom. The molecule has 0 aromatic carbocycles. The summed E-state index contributed by atoms with van der Waals surface area (Å²) in [5.41, 5.74) is 0.582. The summed E-state index contributed by atoms with van der Waals surface area (Å²) in [6, 6.07) is -2.96. The average molecular weight is 420 g/mol. The molecule has 3 rings (SSSR count). The Kier molecular flexibility index (Phi) is 7.03. The molecule has 1 aromatic rings. The predicted octanol–water partition coefficient (Wildman–Crippen LogP) is -1.23. The van der Waals surface area contributed by atoms with Crippen LogP contribution in [0.15, 0.2) is 12.5 Å². The van der Waals surface area contributed by atoms with Gasteiger partial charge in [-0.2, -0.15) is 0 Å². The van der Waals surface area contributed by atoms with Crippen molar-refractivity contribution >= 4 is 23.7 Å². The zero-order valence-corrected chi connectivity index (χ0v) is 16.9. The smallest absolute Gasteiger partial charge is 0.326 e. The van der Waals surface area contributed by atoms with E-state index >= 15 is 0 Å². The van der Waals surface area contributed by atoms with Crippen LogP contribution in [-0.4, -0.2) is 80.9 Å². The third-order valence-corrected chi connectivity index (χ3v) is 5.54. The van der Waals surface area contributed by atoms with E-state index in [9.17, 15) is 24.3 Å². The molecule has 1 aromatic heterocycles. The molecule has 30 heavy (non-hydrogen) atoms. The molecular weight excluding hydrogens is 392 g/mol. The molecule has 0 radical (unpaired) electrons. The molecule has 0 spiro atoms. The second-order valence-electron chi connectivity index (χ2n) is 7.75. The highest BCUT2D eigenvalue weighted by atomic mass is 16.4. The normalized spacial score (nSPS) is 23.0. The maximum Gasteiger partial charge on any atom is 0.326 e. The van der Waals surface area contributed by atoms with Crippen molar-refractivity contribution in [1.29, 1.82) is 0 Å². The first-order valence-corrected chi connectivity index (χ1v) is 10.2. The first kappa shape index (κ1) is 21.8. The third-order valence-electron chi connectivity index (χ3n) is 5.54. The number of aliphatic carboxylic acids is 1. The van der Waals surface area contributed by atoms with Gasteiger partial charge < -0.3 is 30.9 Å². The molecule has 11 nitrogen and oxygen atoms in total. The lowest BCUT2D eigenvalue weighted by Crippen LogP contribution is -2.56. The highest BCUT2D eigenvalue weighted by molar-refractivity contribution is 5.94. The molecule has 2 aliphatic rings. The van der Waals surface area contributed by atoms with Gasteiger partial charge >= 0.3 is 5.97 Å². The van der Waals surface area contributed by atoms with Crippen molar-refractivity contribution in [3.8, 4) is 0 Å². The Labute approximate surface area is 174 Å². The molecule has 4 atom stereocenters. The van der Waals surface area contributed by atoms with Gasteiger partial charge in [0.25, 0.3) is 0 Å². The van der Waals surface area contributed by atoms with Crippen LogP contribution in [0, 0.1) is 0 Å². The van der Waals surface area contributed by atoms with Crippen molar-refractivity contribution in [2.24, 2.45) is 0 Å². The van der Waals surface area contributed by atoms with Crippen molar-refractivity contribution in [3.63, 3.8) is 0 Å². The van der Waals surface area contributed by atoms with Crippen LogP contribution >= 0.6 is 0 Å². The van der Waals surface area contributed by atoms with Crippen molar-refractivity contribution in [2.45, 2.75) is 63.2 Å². The first-order valence-electron chi connectivity index (χ1n) is 10.2. The van der Waals surface area contributed by atoms with Gasteiger partial charge in [0.05, 0.1) is 12.4 Å². The molecular formula is C19H28N6O5. The number of likely N-dealkylation sites (tertiary alicyclic amines) is 1. The monoisotopic (exact) mass is 420 g/mol. The fourth-order valence-corrected chi connectivity index (χ4v) is 3.92. The summed E-state index contributed by atoms with van der Waals surface area (Å²) in [6.07, 6.45) is 5.71. The van der Waals surface area contributed by atoms with Crippen LogP contribution in [0.5, 0.6) is 0 Å². The lowest BCUT2D eigenvalue weighted by Gasteiger charge is -2.28. The standard InChI is InChI=1S/C19H28N6O5/c1-11(23-16(26)13-4-2-6-21-13)18(28)25-7-3-5-15(25)17(27)24-14(19(29)30)8-12-9-20-10-22-12/h9-11,13-15,21H,2-8H2,1H3,(H,20,22)(H,23,26)(H,24,27)(H,29,30). The SMILES string of the molecule is CC(NC(=O)C1CCCN1)C(=O)N1CCCC1C(=O)NC(Cc1cnc[nH]1)C(=O)O. The first-order chi connectivity index (χ1) is 14.4. The Morgan fingerprint density at radius 3 is 2.67 bits per heavy atom. The van der Waals surface area contributed by atoms with E-state index in [1.807, 2.05) is 0 Å². The molecule has 3 amide bonds. The van der Waals surface area contributed by atoms with E-state index in [0.29, 0.717) is 25.1 Å². The number of hydrogen-bond donors (Lipinski definition) is 5. The molecule has 2 fully saturated rings. The number of nitrogens with one attached hydrogen (secondary N) is 4. The number of amides is 3. The number of aromatic amines is 1. The van der Waals surface area contributed by atoms with Crippen molar-refractivity contribution in [2.75, 3.05) is 13.1 Å². The van der Waals surface area contributed by atoms with Crippen molar-refractivity contribution in [3.05, 3.63) is 18.2 Å². The lowest BCUT2D eigenvalue weighted by atomic mass is 10.1. The molecule has 164 valence electrons. The summed E-state index contributed by atoms with van der Waals surface area (Å²) >= 11 is 0. The van der Waals surface area contributed by atoms with Gasteiger partial charge in [-0.15, -0.1) is 0 Å². The molecule has 2 saturated heterocycles. The number of carboxylic acid groups (broad SMARTS) is 1. The second kappa shape index (κ2) is 9.70. The van der Waals surface area contributed by atoms with Gasteiger partial charge in [-0.1, -0.05) is 0 Å². The lowest BCUT2D eigenvalue weighted by molar-refractivity contribution is -0.144. The molecule has 0 aliphatic carbocycles. The number of nitrogens with zero attached hydrogens (tertiary/aromatic N) is 2. The summed E-state index contributed by atoms with van der Waals surface area (Å²) in [4.78, 5) is 57.5. The van der Waals surface area contributed by atoms with Crippen LogP contribution in [0.1, 0.15) is 38.3 Å². The van der Waals surface area contributed by atoms with Gasteiger partial charge in [0.2, 0.25) is 17.7 Å². The van der Waals surface area contributed by atoms with Crippen LogP contribution in [0.3, 0.4) is 0 Å². The summed E-state index contributed by atoms with van der Waals surface area (Å²) < 4.78 is 0. The Morgan fingerprint density at radius 1 is 1.23 bits per heavy atom. The maximum absolute atomic E-state index is 12.9. The number of imidazole rings is 1. The quantitative estimate of drug-likeness (QED) is 0.352. The zero-order chi connectivity index (χ0) is 21.7. The molecule has 0 bridgehead atoms. The number of rotatable bonds is 8. The fraction of sp³-hybridized carbons (Fsp3) is 0.632. The topological polar surface area (TPSA) is 157 Å². The molecule has 4 unspecified atom stereocenters. The predicted molar refractivity (Wildman–Crippen MR) is 105 cm³/mol. The van der Waals surface area contributed by atoms with E-state index in [1.165, 1.54) is 17.4 Å². The molecule has 11 heteroatoms. The van der Waals surface area contributed by atoms with E-state index < -0.39 is 30.0 Å². The Balaban J connectivity index is 1.58. The largest absolute Gasteiger partial charge is 0.480 e. The number of H-pyrrole nitrogens is 1. The van der Waals surface area contributed by atoms with Gasteiger partial charge in [-0.25, -0.2) is 9.78 Å². The number of carboxylic acids is 1. The highest BCUT2D eigenvalue weighted by Gasteiger charge is 2.38. The maximum atomic E-state index is 12.9. The van der Waals surface area contributed by atoms with Gasteiger partial charge in [0.15, 0.2) is 0 Å². The van der Waals surface area contributed by atoms with Crippen LogP contribution in [0.4, 0.5) is 0 Å². The molecule has 3 heterocycles. The summed E-state index contributed by atoms with van der Waals surface area (Å²) in [5.74, 6) is -2.25. The average Bonchev–Trinajstić information content (AvgIpc) is 3.48. The van der Waals surface area contributed by atoms with Gasteiger partial charge in [-0.3, -0.25) is 14.4 Å². The number of carbonyl (C=O) groups is 4. The molecule has 2 aliphatic heterocycles. The minimum atomic E-state index is -1.17. The van der Waals surface area contributed by atoms with E-state index in [4.69, 9.17) is 0 Å². The van der Waals surface area contributed by atoms with Crippen molar-refractivity contribution < 1.29 is 24.3 Å². The minimum absolute atomic E-state index is 0.0581. The number of aromatic nitrogens is 2. The van der Waals surface area contributed by atoms with E-state index in [0.717, 1.165) is 19.4 Å². The summed E-state index contributed by atoms with van der Waals surface area (Å²) in [7, 11) is 0. The fourth-order valence-electron chi connectivity index (χ4n) is 3.92. The van der Waals surface area contributed by atoms with Crippen LogP contribution < -0.4 is 16.0 Å². The van der Waals surface area contributed by atoms with Gasteiger partial charge in [0.1, 0.15) is 18.1 Å². The number of hydrogen-bond acceptors (Lipinski definition) is 6. The Bertz CT molecular complexity index is 776. The molecule has 0 saturated carbocycles. The summed E-state index contributed by atoms with van der Waals surface area (Å²) in [5, 5.41) is 17.8. The van der Waals surface area contributed by atoms with Gasteiger partial charge in [-0.05, 0) is 39.2 Å². The van der Waals surface area contributed by atoms with E-state index in [-0.39, 0.29) is 24.3 Å².